The zero-order valence-electron chi connectivity index (χ0n) is 14.8. The molecule has 0 radical (unpaired) electrons. The standard InChI is InChI=1S/C16H27N3O4/c1-10-7-16(10,18-13(22)23-14(2,3)4)12(21)19-8-11(20)17-15(5,6)9-19/h10H,7-9H2,1-6H3,(H,17,20)(H,18,22). The first-order valence-corrected chi connectivity index (χ1v) is 7.96. The van der Waals surface area contributed by atoms with Crippen LogP contribution in [0.1, 0.15) is 48.0 Å². The van der Waals surface area contributed by atoms with Gasteiger partial charge >= 0.3 is 6.09 Å². The number of alkyl carbamates (subject to hydrolysis) is 1. The van der Waals surface area contributed by atoms with Crippen LogP contribution < -0.4 is 10.6 Å². The van der Waals surface area contributed by atoms with Crippen LogP contribution in [0.25, 0.3) is 0 Å². The Morgan fingerprint density at radius 1 is 1.35 bits per heavy atom. The Bertz CT molecular complexity index is 538. The molecule has 3 amide bonds. The van der Waals surface area contributed by atoms with Crippen LogP contribution in [0, 0.1) is 5.92 Å². The number of ether oxygens (including phenoxy) is 1. The minimum Gasteiger partial charge on any atom is -0.444 e. The Morgan fingerprint density at radius 2 is 1.91 bits per heavy atom. The number of carbonyl (C=O) groups is 3. The SMILES string of the molecule is CC1CC1(NC(=O)OC(C)(C)C)C(=O)N1CC(=O)NC(C)(C)C1. The van der Waals surface area contributed by atoms with Gasteiger partial charge < -0.3 is 20.3 Å². The van der Waals surface area contributed by atoms with E-state index in [9.17, 15) is 14.4 Å². The number of hydrogen-bond acceptors (Lipinski definition) is 4. The van der Waals surface area contributed by atoms with Gasteiger partial charge in [0.2, 0.25) is 11.8 Å². The number of amides is 3. The lowest BCUT2D eigenvalue weighted by Gasteiger charge is -2.40. The zero-order valence-corrected chi connectivity index (χ0v) is 14.8. The van der Waals surface area contributed by atoms with Crippen molar-refractivity contribution in [3.8, 4) is 0 Å². The van der Waals surface area contributed by atoms with E-state index in [1.165, 1.54) is 4.90 Å². The molecule has 2 aliphatic rings. The molecule has 1 aliphatic heterocycles. The van der Waals surface area contributed by atoms with Gasteiger partial charge in [-0.3, -0.25) is 9.59 Å². The van der Waals surface area contributed by atoms with Crippen LogP contribution in [0.15, 0.2) is 0 Å². The summed E-state index contributed by atoms with van der Waals surface area (Å²) in [5.41, 5.74) is -2.05. The third kappa shape index (κ3) is 3.95. The Balaban J connectivity index is 2.10. The molecule has 0 aromatic heterocycles. The summed E-state index contributed by atoms with van der Waals surface area (Å²) in [6, 6.07) is 0. The second-order valence-corrected chi connectivity index (χ2v) is 8.30. The lowest BCUT2D eigenvalue weighted by atomic mass is 10.0. The monoisotopic (exact) mass is 325 g/mol. The van der Waals surface area contributed by atoms with E-state index in [1.54, 1.807) is 20.8 Å². The molecule has 1 heterocycles. The summed E-state index contributed by atoms with van der Waals surface area (Å²) in [4.78, 5) is 38.3. The molecule has 7 nitrogen and oxygen atoms in total. The average molecular weight is 325 g/mol. The van der Waals surface area contributed by atoms with Crippen LogP contribution in [0.3, 0.4) is 0 Å². The van der Waals surface area contributed by atoms with Crippen molar-refractivity contribution >= 4 is 17.9 Å². The van der Waals surface area contributed by atoms with Crippen LogP contribution in [0.5, 0.6) is 0 Å². The maximum atomic E-state index is 12.9. The highest BCUT2D eigenvalue weighted by molar-refractivity contribution is 5.96. The number of nitrogens with one attached hydrogen (secondary N) is 2. The largest absolute Gasteiger partial charge is 0.444 e. The average Bonchev–Trinajstić information content (AvgIpc) is 2.94. The van der Waals surface area contributed by atoms with Crippen LogP contribution in [-0.2, 0) is 14.3 Å². The predicted molar refractivity (Wildman–Crippen MR) is 84.7 cm³/mol. The smallest absolute Gasteiger partial charge is 0.408 e. The second-order valence-electron chi connectivity index (χ2n) is 8.30. The van der Waals surface area contributed by atoms with E-state index >= 15 is 0 Å². The van der Waals surface area contributed by atoms with Gasteiger partial charge in [0.25, 0.3) is 0 Å². The summed E-state index contributed by atoms with van der Waals surface area (Å²) in [6.45, 7) is 11.4. The quantitative estimate of drug-likeness (QED) is 0.794. The van der Waals surface area contributed by atoms with E-state index in [-0.39, 0.29) is 24.3 Å². The predicted octanol–water partition coefficient (Wildman–Crippen LogP) is 1.03. The normalized spacial score (nSPS) is 29.6. The molecule has 2 fully saturated rings. The first kappa shape index (κ1) is 17.6. The molecule has 1 saturated carbocycles. The van der Waals surface area contributed by atoms with Gasteiger partial charge in [0.1, 0.15) is 11.1 Å². The number of hydrogen-bond donors (Lipinski definition) is 2. The molecule has 1 saturated heterocycles. The topological polar surface area (TPSA) is 87.7 Å². The molecule has 0 bridgehead atoms. The molecule has 2 rings (SSSR count). The lowest BCUT2D eigenvalue weighted by Crippen LogP contribution is -2.64. The fourth-order valence-corrected chi connectivity index (χ4v) is 3.02. The maximum Gasteiger partial charge on any atom is 0.408 e. The Labute approximate surface area is 137 Å². The van der Waals surface area contributed by atoms with Gasteiger partial charge in [0.05, 0.1) is 12.1 Å². The molecule has 0 aromatic rings. The summed E-state index contributed by atoms with van der Waals surface area (Å²) in [5, 5.41) is 5.58. The van der Waals surface area contributed by atoms with Gasteiger partial charge in [-0.05, 0) is 47.0 Å². The first-order valence-electron chi connectivity index (χ1n) is 7.96. The van der Waals surface area contributed by atoms with E-state index in [0.717, 1.165) is 0 Å². The van der Waals surface area contributed by atoms with Crippen LogP contribution >= 0.6 is 0 Å². The third-order valence-corrected chi connectivity index (χ3v) is 4.10. The molecule has 2 unspecified atom stereocenters. The fourth-order valence-electron chi connectivity index (χ4n) is 3.02. The van der Waals surface area contributed by atoms with E-state index < -0.39 is 22.8 Å². The number of nitrogens with zero attached hydrogens (tertiary/aromatic N) is 1. The molecule has 0 spiro atoms. The molecule has 2 atom stereocenters. The van der Waals surface area contributed by atoms with Gasteiger partial charge in [-0.25, -0.2) is 4.79 Å². The number of piperazine rings is 1. The lowest BCUT2D eigenvalue weighted by molar-refractivity contribution is -0.143. The highest BCUT2D eigenvalue weighted by Gasteiger charge is 2.61. The van der Waals surface area contributed by atoms with Crippen molar-refractivity contribution in [3.05, 3.63) is 0 Å². The van der Waals surface area contributed by atoms with Crippen molar-refractivity contribution in [2.45, 2.75) is 64.6 Å². The minimum atomic E-state index is -0.948. The molecular weight excluding hydrogens is 298 g/mol. The molecular formula is C16H27N3O4. The third-order valence-electron chi connectivity index (χ3n) is 4.10. The summed E-state index contributed by atoms with van der Waals surface area (Å²) in [7, 11) is 0. The molecule has 23 heavy (non-hydrogen) atoms. The van der Waals surface area contributed by atoms with Crippen LogP contribution in [0.4, 0.5) is 4.79 Å². The zero-order chi connectivity index (χ0) is 17.6. The molecule has 2 N–H and O–H groups in total. The Kier molecular flexibility index (Phi) is 4.11. The van der Waals surface area contributed by atoms with Crippen molar-refractivity contribution in [2.75, 3.05) is 13.1 Å². The summed E-state index contributed by atoms with van der Waals surface area (Å²) in [6.07, 6.45) is -0.0418. The van der Waals surface area contributed by atoms with Gasteiger partial charge in [-0.2, -0.15) is 0 Å². The molecule has 0 aromatic carbocycles. The van der Waals surface area contributed by atoms with E-state index in [1.807, 2.05) is 20.8 Å². The number of rotatable bonds is 2. The van der Waals surface area contributed by atoms with Gasteiger partial charge in [0, 0.05) is 6.54 Å². The second kappa shape index (κ2) is 5.39. The number of carbonyl (C=O) groups excluding carboxylic acids is 3. The van der Waals surface area contributed by atoms with E-state index in [4.69, 9.17) is 4.74 Å². The van der Waals surface area contributed by atoms with Gasteiger partial charge in [0.15, 0.2) is 0 Å². The minimum absolute atomic E-state index is 0.0206. The van der Waals surface area contributed by atoms with Crippen molar-refractivity contribution in [1.29, 1.82) is 0 Å². The summed E-state index contributed by atoms with van der Waals surface area (Å²) >= 11 is 0. The maximum absolute atomic E-state index is 12.9. The molecule has 7 heteroatoms. The van der Waals surface area contributed by atoms with Crippen LogP contribution in [-0.4, -0.2) is 52.6 Å². The van der Waals surface area contributed by atoms with Crippen molar-refractivity contribution in [3.63, 3.8) is 0 Å². The van der Waals surface area contributed by atoms with E-state index in [0.29, 0.717) is 13.0 Å². The van der Waals surface area contributed by atoms with Gasteiger partial charge in [-0.15, -0.1) is 0 Å². The van der Waals surface area contributed by atoms with Crippen molar-refractivity contribution in [2.24, 2.45) is 5.92 Å². The fraction of sp³-hybridized carbons (Fsp3) is 0.812. The highest BCUT2D eigenvalue weighted by atomic mass is 16.6. The summed E-state index contributed by atoms with van der Waals surface area (Å²) < 4.78 is 5.26. The summed E-state index contributed by atoms with van der Waals surface area (Å²) in [5.74, 6) is -0.371. The van der Waals surface area contributed by atoms with Crippen LogP contribution in [0.2, 0.25) is 0 Å². The first-order chi connectivity index (χ1) is 10.3. The van der Waals surface area contributed by atoms with Crippen molar-refractivity contribution in [1.82, 2.24) is 15.5 Å². The molecule has 1 aliphatic carbocycles. The Morgan fingerprint density at radius 3 is 2.35 bits per heavy atom. The highest BCUT2D eigenvalue weighted by Crippen LogP contribution is 2.45. The van der Waals surface area contributed by atoms with Crippen molar-refractivity contribution < 1.29 is 19.1 Å². The Hall–Kier alpha value is -1.79. The van der Waals surface area contributed by atoms with E-state index in [2.05, 4.69) is 10.6 Å². The molecule has 130 valence electrons. The van der Waals surface area contributed by atoms with Gasteiger partial charge in [-0.1, -0.05) is 6.92 Å².